The molecule has 1 unspecified atom stereocenters. The van der Waals surface area contributed by atoms with Crippen LogP contribution in [-0.2, 0) is 19.1 Å². The fraction of sp³-hybridized carbons (Fsp3) is 0.773. The van der Waals surface area contributed by atoms with E-state index in [1.54, 1.807) is 0 Å². The van der Waals surface area contributed by atoms with Crippen molar-refractivity contribution in [2.45, 2.75) is 89.2 Å². The van der Waals surface area contributed by atoms with Gasteiger partial charge in [-0.2, -0.15) is 12.6 Å². The van der Waals surface area contributed by atoms with E-state index in [0.29, 0.717) is 31.5 Å². The van der Waals surface area contributed by atoms with E-state index in [2.05, 4.69) is 36.4 Å². The average molecular weight is 397 g/mol. The first-order valence-electron chi connectivity index (χ1n) is 10.4. The first-order valence-corrected chi connectivity index (χ1v) is 11.0. The molecule has 0 saturated heterocycles. The van der Waals surface area contributed by atoms with E-state index in [4.69, 9.17) is 0 Å². The number of rotatable bonds is 14. The molecule has 0 heterocycles. The summed E-state index contributed by atoms with van der Waals surface area (Å²) >= 11 is 4.61. The summed E-state index contributed by atoms with van der Waals surface area (Å²) in [6, 6.07) is 0. The zero-order valence-corrected chi connectivity index (χ0v) is 17.8. The van der Waals surface area contributed by atoms with Crippen molar-refractivity contribution in [2.75, 3.05) is 7.11 Å². The minimum atomic E-state index is -0.164. The lowest BCUT2D eigenvalue weighted by Crippen LogP contribution is -2.19. The molecule has 0 amide bonds. The summed E-state index contributed by atoms with van der Waals surface area (Å²) in [4.78, 5) is 35.4. The van der Waals surface area contributed by atoms with Crippen molar-refractivity contribution in [1.82, 2.24) is 0 Å². The summed E-state index contributed by atoms with van der Waals surface area (Å²) in [5.41, 5.74) is 0. The molecule has 0 spiro atoms. The zero-order valence-electron chi connectivity index (χ0n) is 17.0. The van der Waals surface area contributed by atoms with Crippen LogP contribution >= 0.6 is 12.6 Å². The number of ether oxygens (including phenoxy) is 1. The first kappa shape index (κ1) is 23.9. The summed E-state index contributed by atoms with van der Waals surface area (Å²) in [6.45, 7) is 2.14. The summed E-state index contributed by atoms with van der Waals surface area (Å²) < 4.78 is 4.62. The third-order valence-corrected chi connectivity index (χ3v) is 6.00. The number of esters is 1. The van der Waals surface area contributed by atoms with E-state index in [0.717, 1.165) is 51.4 Å². The molecule has 1 saturated carbocycles. The smallest absolute Gasteiger partial charge is 0.305 e. The molecule has 4 nitrogen and oxygen atoms in total. The molecule has 0 N–H and O–H groups in total. The predicted octanol–water partition coefficient (Wildman–Crippen LogP) is 5.10. The number of hydrogen-bond donors (Lipinski definition) is 1. The van der Waals surface area contributed by atoms with E-state index in [1.807, 2.05) is 0 Å². The average Bonchev–Trinajstić information content (AvgIpc) is 2.91. The summed E-state index contributed by atoms with van der Waals surface area (Å²) in [6.07, 6.45) is 13.8. The lowest BCUT2D eigenvalue weighted by Gasteiger charge is -2.20. The fourth-order valence-corrected chi connectivity index (χ4v) is 4.27. The number of unbranched alkanes of at least 4 members (excludes halogenated alkanes) is 4. The molecule has 0 aliphatic heterocycles. The Morgan fingerprint density at radius 2 is 1.85 bits per heavy atom. The molecule has 27 heavy (non-hydrogen) atoms. The predicted molar refractivity (Wildman–Crippen MR) is 112 cm³/mol. The minimum Gasteiger partial charge on any atom is -0.469 e. The number of ketones is 2. The number of allylic oxidation sites excluding steroid dienone is 2. The normalized spacial score (nSPS) is 22.5. The number of carbonyl (C=O) groups is 3. The van der Waals surface area contributed by atoms with E-state index < -0.39 is 0 Å². The number of methoxy groups -OCH3 is 1. The van der Waals surface area contributed by atoms with Gasteiger partial charge >= 0.3 is 5.97 Å². The van der Waals surface area contributed by atoms with Gasteiger partial charge in [0.1, 0.15) is 11.6 Å². The molecule has 3 atom stereocenters. The van der Waals surface area contributed by atoms with Gasteiger partial charge in [0.05, 0.1) is 7.11 Å². The Bertz CT molecular complexity index is 501. The molecular formula is C22H36O4S. The molecular weight excluding hydrogens is 360 g/mol. The largest absolute Gasteiger partial charge is 0.469 e. The van der Waals surface area contributed by atoms with Crippen molar-refractivity contribution in [3.05, 3.63) is 12.2 Å². The first-order chi connectivity index (χ1) is 13.0. The summed E-state index contributed by atoms with van der Waals surface area (Å²) in [5, 5.41) is 0.0828. The standard InChI is InChI=1S/C22H36O4S/c1-3-4-8-11-17(23)14-15-19-18(20(24)16-21(19)27)12-9-6-5-7-10-13-22(25)26-2/h6,9,18-19,21,27H,3-5,7-8,10-16H2,1-2H3/b9-6-/t18?,19-,21-/m1/s1. The number of Topliss-reactive ketones (excluding diaryl/α,β-unsaturated/α-hetero) is 2. The molecule has 1 aliphatic rings. The van der Waals surface area contributed by atoms with Crippen LogP contribution < -0.4 is 0 Å². The molecule has 0 radical (unpaired) electrons. The van der Waals surface area contributed by atoms with Gasteiger partial charge in [-0.25, -0.2) is 0 Å². The van der Waals surface area contributed by atoms with Gasteiger partial charge in [0.25, 0.3) is 0 Å². The molecule has 1 fully saturated rings. The van der Waals surface area contributed by atoms with Gasteiger partial charge in [0.2, 0.25) is 0 Å². The van der Waals surface area contributed by atoms with Crippen LogP contribution in [-0.4, -0.2) is 29.9 Å². The molecule has 0 aromatic rings. The maximum Gasteiger partial charge on any atom is 0.305 e. The SMILES string of the molecule is CCCCCC(=O)CC[C@@H]1C(C/C=C\CCCCC(=O)OC)C(=O)C[C@H]1S. The van der Waals surface area contributed by atoms with Crippen LogP contribution in [0.4, 0.5) is 0 Å². The molecule has 0 aromatic heterocycles. The minimum absolute atomic E-state index is 0.00209. The molecule has 1 aliphatic carbocycles. The van der Waals surface area contributed by atoms with Crippen LogP contribution in [0.5, 0.6) is 0 Å². The van der Waals surface area contributed by atoms with Gasteiger partial charge in [-0.05, 0) is 44.4 Å². The Morgan fingerprint density at radius 3 is 2.56 bits per heavy atom. The quantitative estimate of drug-likeness (QED) is 0.192. The van der Waals surface area contributed by atoms with E-state index >= 15 is 0 Å². The Balaban J connectivity index is 2.33. The summed E-state index contributed by atoms with van der Waals surface area (Å²) in [5.74, 6) is 0.654. The third kappa shape index (κ3) is 9.59. The van der Waals surface area contributed by atoms with Crippen LogP contribution in [0.3, 0.4) is 0 Å². The van der Waals surface area contributed by atoms with Crippen molar-refractivity contribution >= 4 is 30.2 Å². The highest BCUT2D eigenvalue weighted by molar-refractivity contribution is 7.81. The Hall–Kier alpha value is -1.10. The second kappa shape index (κ2) is 14.0. The molecule has 1 rings (SSSR count). The molecule has 5 heteroatoms. The molecule has 154 valence electrons. The third-order valence-electron chi connectivity index (χ3n) is 5.44. The van der Waals surface area contributed by atoms with Gasteiger partial charge in [0, 0.05) is 36.9 Å². The Kier molecular flexibility index (Phi) is 12.4. The Morgan fingerprint density at radius 1 is 1.11 bits per heavy atom. The van der Waals surface area contributed by atoms with Gasteiger partial charge in [-0.1, -0.05) is 31.9 Å². The van der Waals surface area contributed by atoms with Crippen LogP contribution in [0, 0.1) is 11.8 Å². The second-order valence-corrected chi connectivity index (χ2v) is 8.23. The molecule has 0 aromatic carbocycles. The van der Waals surface area contributed by atoms with Crippen molar-refractivity contribution in [2.24, 2.45) is 11.8 Å². The van der Waals surface area contributed by atoms with Crippen LogP contribution in [0.1, 0.15) is 84.0 Å². The number of carbonyl (C=O) groups excluding carboxylic acids is 3. The van der Waals surface area contributed by atoms with Gasteiger partial charge in [-0.3, -0.25) is 14.4 Å². The number of hydrogen-bond acceptors (Lipinski definition) is 5. The lowest BCUT2D eigenvalue weighted by atomic mass is 9.87. The topological polar surface area (TPSA) is 60.4 Å². The van der Waals surface area contributed by atoms with Crippen molar-refractivity contribution in [3.8, 4) is 0 Å². The second-order valence-electron chi connectivity index (χ2n) is 7.57. The van der Waals surface area contributed by atoms with E-state index in [-0.39, 0.29) is 28.8 Å². The Labute approximate surface area is 169 Å². The lowest BCUT2D eigenvalue weighted by molar-refractivity contribution is -0.140. The van der Waals surface area contributed by atoms with Gasteiger partial charge in [0.15, 0.2) is 0 Å². The zero-order chi connectivity index (χ0) is 20.1. The highest BCUT2D eigenvalue weighted by Gasteiger charge is 2.39. The van der Waals surface area contributed by atoms with Crippen molar-refractivity contribution in [3.63, 3.8) is 0 Å². The van der Waals surface area contributed by atoms with Crippen molar-refractivity contribution in [1.29, 1.82) is 0 Å². The van der Waals surface area contributed by atoms with E-state index in [9.17, 15) is 14.4 Å². The monoisotopic (exact) mass is 396 g/mol. The van der Waals surface area contributed by atoms with Gasteiger partial charge in [-0.15, -0.1) is 0 Å². The van der Waals surface area contributed by atoms with Crippen LogP contribution in [0.15, 0.2) is 12.2 Å². The highest BCUT2D eigenvalue weighted by atomic mass is 32.1. The number of thiol groups is 1. The van der Waals surface area contributed by atoms with Crippen LogP contribution in [0.2, 0.25) is 0 Å². The summed E-state index contributed by atoms with van der Waals surface area (Å²) in [7, 11) is 1.41. The highest BCUT2D eigenvalue weighted by Crippen LogP contribution is 2.38. The molecule has 0 bridgehead atoms. The fourth-order valence-electron chi connectivity index (χ4n) is 3.73. The maximum absolute atomic E-state index is 12.3. The van der Waals surface area contributed by atoms with Gasteiger partial charge < -0.3 is 4.74 Å². The van der Waals surface area contributed by atoms with Crippen LogP contribution in [0.25, 0.3) is 0 Å². The van der Waals surface area contributed by atoms with E-state index in [1.165, 1.54) is 7.11 Å². The maximum atomic E-state index is 12.3. The van der Waals surface area contributed by atoms with Crippen molar-refractivity contribution < 1.29 is 19.1 Å².